The van der Waals surface area contributed by atoms with E-state index in [9.17, 15) is 4.79 Å². The summed E-state index contributed by atoms with van der Waals surface area (Å²) >= 11 is 0. The van der Waals surface area contributed by atoms with Crippen molar-refractivity contribution in [2.24, 2.45) is 0 Å². The monoisotopic (exact) mass is 203 g/mol. The molecule has 0 atom stereocenters. The molecule has 0 radical (unpaired) electrons. The number of hydrogen-bond acceptors (Lipinski definition) is 4. The summed E-state index contributed by atoms with van der Waals surface area (Å²) in [7, 11) is 0. The van der Waals surface area contributed by atoms with Crippen LogP contribution < -0.4 is 4.57 Å². The number of carbonyl (C=O) groups is 1. The fraction of sp³-hybridized carbons (Fsp3) is 0. The van der Waals surface area contributed by atoms with Crippen LogP contribution in [0, 0.1) is 0 Å². The van der Waals surface area contributed by atoms with E-state index in [0.717, 1.165) is 0 Å². The highest BCUT2D eigenvalue weighted by Crippen LogP contribution is 2.01. The summed E-state index contributed by atoms with van der Waals surface area (Å²) in [5, 5.41) is 19.5. The third-order valence-corrected chi connectivity index (χ3v) is 1.81. The SMILES string of the molecule is O=C(O)c1cnnnc1-[n+]1ccccc1. The van der Waals surface area contributed by atoms with Crippen LogP contribution in [0.5, 0.6) is 0 Å². The topological polar surface area (TPSA) is 79.8 Å². The zero-order chi connectivity index (χ0) is 10.7. The van der Waals surface area contributed by atoms with Gasteiger partial charge in [-0.05, 0) is 12.1 Å². The highest BCUT2D eigenvalue weighted by Gasteiger charge is 2.21. The van der Waals surface area contributed by atoms with Gasteiger partial charge >= 0.3 is 11.8 Å². The number of hydrogen-bond donors (Lipinski definition) is 1. The predicted molar refractivity (Wildman–Crippen MR) is 48.3 cm³/mol. The Morgan fingerprint density at radius 2 is 2.00 bits per heavy atom. The first-order valence-electron chi connectivity index (χ1n) is 4.17. The smallest absolute Gasteiger partial charge is 0.373 e. The molecular formula is C9H7N4O2+. The molecule has 0 aliphatic carbocycles. The maximum absolute atomic E-state index is 10.9. The maximum atomic E-state index is 10.9. The predicted octanol–water partition coefficient (Wildman–Crippen LogP) is -0.154. The van der Waals surface area contributed by atoms with Crippen molar-refractivity contribution in [3.63, 3.8) is 0 Å². The van der Waals surface area contributed by atoms with Crippen LogP contribution in [0.1, 0.15) is 10.4 Å². The standard InChI is InChI=1S/C9H6N4O2/c14-9(15)7-6-10-12-11-8(7)13-4-2-1-3-5-13/h1-6H/p+1. The number of aromatic nitrogens is 4. The summed E-state index contributed by atoms with van der Waals surface area (Å²) in [6.07, 6.45) is 4.55. The van der Waals surface area contributed by atoms with E-state index in [-0.39, 0.29) is 11.4 Å². The lowest BCUT2D eigenvalue weighted by atomic mass is 10.3. The molecule has 0 bridgehead atoms. The maximum Gasteiger partial charge on any atom is 0.373 e. The largest absolute Gasteiger partial charge is 0.477 e. The van der Waals surface area contributed by atoms with Gasteiger partial charge in [-0.15, -0.1) is 5.10 Å². The molecule has 0 amide bonds. The molecule has 74 valence electrons. The average molecular weight is 203 g/mol. The Balaban J connectivity index is 2.58. The minimum Gasteiger partial charge on any atom is -0.477 e. The van der Waals surface area contributed by atoms with Crippen LogP contribution in [0.15, 0.2) is 36.8 Å². The van der Waals surface area contributed by atoms with Crippen LogP contribution >= 0.6 is 0 Å². The second kappa shape index (κ2) is 3.79. The Bertz CT molecular complexity index is 486. The molecule has 0 aliphatic rings. The van der Waals surface area contributed by atoms with E-state index in [4.69, 9.17) is 5.11 Å². The summed E-state index contributed by atoms with van der Waals surface area (Å²) in [5.41, 5.74) is 0.0150. The Hall–Kier alpha value is -2.37. The number of pyridine rings is 1. The summed E-state index contributed by atoms with van der Waals surface area (Å²) in [5.74, 6) is -0.832. The van der Waals surface area contributed by atoms with Gasteiger partial charge in [0.05, 0.1) is 23.8 Å². The van der Waals surface area contributed by atoms with Gasteiger partial charge in [0.2, 0.25) is 0 Å². The van der Waals surface area contributed by atoms with E-state index < -0.39 is 5.97 Å². The fourth-order valence-corrected chi connectivity index (χ4v) is 1.14. The van der Waals surface area contributed by atoms with Crippen molar-refractivity contribution in [3.05, 3.63) is 42.4 Å². The number of aromatic carboxylic acids is 1. The van der Waals surface area contributed by atoms with Crippen molar-refractivity contribution >= 4 is 5.97 Å². The fourth-order valence-electron chi connectivity index (χ4n) is 1.14. The van der Waals surface area contributed by atoms with Gasteiger partial charge in [-0.1, -0.05) is 6.07 Å². The second-order valence-electron chi connectivity index (χ2n) is 2.76. The number of nitrogens with zero attached hydrogens (tertiary/aromatic N) is 4. The van der Waals surface area contributed by atoms with Crippen molar-refractivity contribution in [1.29, 1.82) is 0 Å². The Morgan fingerprint density at radius 3 is 2.67 bits per heavy atom. The molecule has 0 saturated heterocycles. The molecular weight excluding hydrogens is 196 g/mol. The zero-order valence-electron chi connectivity index (χ0n) is 7.61. The van der Waals surface area contributed by atoms with Gasteiger partial charge in [-0.2, -0.15) is 0 Å². The highest BCUT2D eigenvalue weighted by atomic mass is 16.4. The number of carboxylic acid groups (broad SMARTS) is 1. The van der Waals surface area contributed by atoms with E-state index in [2.05, 4.69) is 15.4 Å². The molecule has 6 heteroatoms. The van der Waals surface area contributed by atoms with Crippen molar-refractivity contribution in [2.45, 2.75) is 0 Å². The lowest BCUT2D eigenvalue weighted by molar-refractivity contribution is -0.600. The van der Waals surface area contributed by atoms with Crippen LogP contribution in [-0.4, -0.2) is 26.5 Å². The molecule has 0 aliphatic heterocycles. The van der Waals surface area contributed by atoms with Crippen molar-refractivity contribution < 1.29 is 14.5 Å². The molecule has 0 unspecified atom stereocenters. The van der Waals surface area contributed by atoms with Gasteiger partial charge in [-0.25, -0.2) is 9.36 Å². The quantitative estimate of drug-likeness (QED) is 0.686. The van der Waals surface area contributed by atoms with Crippen molar-refractivity contribution in [2.75, 3.05) is 0 Å². The van der Waals surface area contributed by atoms with Crippen LogP contribution in [0.3, 0.4) is 0 Å². The Morgan fingerprint density at radius 1 is 1.27 bits per heavy atom. The number of rotatable bonds is 2. The molecule has 0 fully saturated rings. The molecule has 0 saturated carbocycles. The highest BCUT2D eigenvalue weighted by molar-refractivity contribution is 5.89. The van der Waals surface area contributed by atoms with Gasteiger partial charge in [-0.3, -0.25) is 0 Å². The van der Waals surface area contributed by atoms with E-state index in [0.29, 0.717) is 0 Å². The molecule has 15 heavy (non-hydrogen) atoms. The summed E-state index contributed by atoms with van der Waals surface area (Å²) in [6.45, 7) is 0. The summed E-state index contributed by atoms with van der Waals surface area (Å²) in [6, 6.07) is 5.37. The zero-order valence-corrected chi connectivity index (χ0v) is 7.61. The van der Waals surface area contributed by atoms with Crippen molar-refractivity contribution in [3.8, 4) is 5.82 Å². The lowest BCUT2D eigenvalue weighted by Crippen LogP contribution is -2.33. The van der Waals surface area contributed by atoms with Crippen molar-refractivity contribution in [1.82, 2.24) is 15.4 Å². The molecule has 1 N–H and O–H groups in total. The van der Waals surface area contributed by atoms with Gasteiger partial charge in [0, 0.05) is 0 Å². The average Bonchev–Trinajstić information content (AvgIpc) is 2.30. The first-order chi connectivity index (χ1) is 7.29. The molecule has 2 aromatic rings. The Labute approximate surface area is 84.8 Å². The van der Waals surface area contributed by atoms with Crippen LogP contribution in [0.25, 0.3) is 5.82 Å². The third-order valence-electron chi connectivity index (χ3n) is 1.81. The van der Waals surface area contributed by atoms with Crippen LogP contribution in [-0.2, 0) is 0 Å². The third kappa shape index (κ3) is 1.78. The van der Waals surface area contributed by atoms with E-state index >= 15 is 0 Å². The summed E-state index contributed by atoms with van der Waals surface area (Å²) in [4.78, 5) is 10.9. The molecule has 6 nitrogen and oxygen atoms in total. The minimum absolute atomic E-state index is 0.0150. The molecule has 0 spiro atoms. The molecule has 0 aromatic carbocycles. The van der Waals surface area contributed by atoms with Gasteiger partial charge < -0.3 is 5.11 Å². The van der Waals surface area contributed by atoms with Crippen LogP contribution in [0.2, 0.25) is 0 Å². The van der Waals surface area contributed by atoms with Gasteiger partial charge in [0.1, 0.15) is 5.10 Å². The lowest BCUT2D eigenvalue weighted by Gasteiger charge is -1.95. The first kappa shape index (κ1) is 9.20. The molecule has 2 aromatic heterocycles. The second-order valence-corrected chi connectivity index (χ2v) is 2.76. The first-order valence-corrected chi connectivity index (χ1v) is 4.17. The van der Waals surface area contributed by atoms with E-state index in [1.165, 1.54) is 6.20 Å². The molecule has 2 heterocycles. The minimum atomic E-state index is -1.08. The van der Waals surface area contributed by atoms with E-state index in [1.807, 2.05) is 6.07 Å². The van der Waals surface area contributed by atoms with Gasteiger partial charge in [0.15, 0.2) is 5.56 Å². The summed E-state index contributed by atoms with van der Waals surface area (Å²) < 4.78 is 1.57. The molecule has 2 rings (SSSR count). The Kier molecular flexibility index (Phi) is 2.32. The van der Waals surface area contributed by atoms with Crippen LogP contribution in [0.4, 0.5) is 0 Å². The van der Waals surface area contributed by atoms with Gasteiger partial charge in [0.25, 0.3) is 0 Å². The van der Waals surface area contributed by atoms with E-state index in [1.54, 1.807) is 29.1 Å². The number of carboxylic acids is 1. The normalized spacial score (nSPS) is 9.87.